The molecule has 0 atom stereocenters. The van der Waals surface area contributed by atoms with Gasteiger partial charge in [0.1, 0.15) is 17.8 Å². The van der Waals surface area contributed by atoms with Crippen LogP contribution in [0, 0.1) is 0 Å². The van der Waals surface area contributed by atoms with Crippen molar-refractivity contribution in [2.75, 3.05) is 18.0 Å². The number of hydrogen-bond acceptors (Lipinski definition) is 5. The zero-order valence-corrected chi connectivity index (χ0v) is 19.8. The zero-order valence-electron chi connectivity index (χ0n) is 17.5. The van der Waals surface area contributed by atoms with Crippen molar-refractivity contribution in [3.8, 4) is 11.3 Å². The number of fused-ring (bicyclic) bond motifs is 1. The molecule has 2 aromatic carbocycles. The van der Waals surface area contributed by atoms with Gasteiger partial charge in [0.15, 0.2) is 0 Å². The highest BCUT2D eigenvalue weighted by molar-refractivity contribution is 7.89. The molecule has 1 aliphatic heterocycles. The van der Waals surface area contributed by atoms with Crippen molar-refractivity contribution < 1.29 is 8.42 Å². The van der Waals surface area contributed by atoms with Crippen molar-refractivity contribution >= 4 is 50.1 Å². The van der Waals surface area contributed by atoms with Crippen molar-refractivity contribution in [2.45, 2.75) is 23.8 Å². The number of aromatic nitrogens is 3. The number of benzene rings is 2. The van der Waals surface area contributed by atoms with E-state index in [0.29, 0.717) is 36.0 Å². The van der Waals surface area contributed by atoms with Crippen LogP contribution in [0.2, 0.25) is 10.0 Å². The van der Waals surface area contributed by atoms with Crippen LogP contribution in [0.1, 0.15) is 12.8 Å². The highest BCUT2D eigenvalue weighted by atomic mass is 35.5. The summed E-state index contributed by atoms with van der Waals surface area (Å²) in [5.41, 5.74) is 2.71. The Hall–Kier alpha value is -2.65. The molecule has 2 N–H and O–H groups in total. The number of anilines is 1. The summed E-state index contributed by atoms with van der Waals surface area (Å²) in [7, 11) is -3.59. The van der Waals surface area contributed by atoms with Crippen LogP contribution in [0.3, 0.4) is 0 Å². The van der Waals surface area contributed by atoms with Gasteiger partial charge in [-0.1, -0.05) is 35.3 Å². The Morgan fingerprint density at radius 3 is 2.24 bits per heavy atom. The number of nitrogens with zero attached hydrogens (tertiary/aromatic N) is 3. The van der Waals surface area contributed by atoms with E-state index < -0.39 is 10.0 Å². The molecule has 1 fully saturated rings. The van der Waals surface area contributed by atoms with E-state index in [1.165, 1.54) is 12.1 Å². The molecule has 33 heavy (non-hydrogen) atoms. The Bertz CT molecular complexity index is 1380. The second kappa shape index (κ2) is 8.95. The minimum absolute atomic E-state index is 0.143. The fraction of sp³-hybridized carbons (Fsp3) is 0.217. The fourth-order valence-electron chi connectivity index (χ4n) is 4.07. The van der Waals surface area contributed by atoms with Crippen molar-refractivity contribution in [2.24, 2.45) is 0 Å². The maximum atomic E-state index is 12.7. The Morgan fingerprint density at radius 1 is 0.939 bits per heavy atom. The van der Waals surface area contributed by atoms with E-state index in [0.717, 1.165) is 28.1 Å². The third kappa shape index (κ3) is 4.70. The smallest absolute Gasteiger partial charge is 0.240 e. The standard InChI is InChI=1S/C23H21Cl2N5O2S/c24-16-3-1-15(2-4-16)21-13-20-22(28-21)26-14-27-23(20)30-11-9-18(10-12-30)29-33(31,32)19-7-5-17(25)6-8-19/h1-8,13-14,18,29H,9-12H2,(H,26,27,28). The summed E-state index contributed by atoms with van der Waals surface area (Å²) in [6.07, 6.45) is 2.90. The van der Waals surface area contributed by atoms with Gasteiger partial charge in [-0.05, 0) is 60.9 Å². The van der Waals surface area contributed by atoms with Crippen molar-refractivity contribution in [1.82, 2.24) is 19.7 Å². The molecule has 0 radical (unpaired) electrons. The molecule has 3 heterocycles. The number of hydrogen-bond donors (Lipinski definition) is 2. The predicted octanol–water partition coefficient (Wildman–Crippen LogP) is 4.88. The van der Waals surface area contributed by atoms with E-state index in [-0.39, 0.29) is 10.9 Å². The van der Waals surface area contributed by atoms with Crippen LogP contribution in [-0.2, 0) is 10.0 Å². The lowest BCUT2D eigenvalue weighted by molar-refractivity contribution is 0.459. The minimum atomic E-state index is -3.59. The van der Waals surface area contributed by atoms with Crippen LogP contribution in [0.25, 0.3) is 22.3 Å². The number of sulfonamides is 1. The van der Waals surface area contributed by atoms with Gasteiger partial charge in [-0.15, -0.1) is 0 Å². The third-order valence-corrected chi connectivity index (χ3v) is 7.84. The van der Waals surface area contributed by atoms with E-state index in [4.69, 9.17) is 23.2 Å². The van der Waals surface area contributed by atoms with E-state index in [1.807, 2.05) is 30.3 Å². The van der Waals surface area contributed by atoms with Crippen molar-refractivity contribution in [3.05, 3.63) is 71.0 Å². The first-order chi connectivity index (χ1) is 15.9. The van der Waals surface area contributed by atoms with E-state index in [2.05, 4.69) is 24.6 Å². The summed E-state index contributed by atoms with van der Waals surface area (Å²) in [6, 6.07) is 15.7. The van der Waals surface area contributed by atoms with Gasteiger partial charge in [-0.2, -0.15) is 0 Å². The van der Waals surface area contributed by atoms with Gasteiger partial charge in [0.25, 0.3) is 0 Å². The number of rotatable bonds is 5. The molecule has 10 heteroatoms. The molecule has 0 bridgehead atoms. The number of nitrogens with one attached hydrogen (secondary N) is 2. The normalized spacial score (nSPS) is 15.3. The molecule has 1 saturated heterocycles. The second-order valence-corrected chi connectivity index (χ2v) is 10.6. The lowest BCUT2D eigenvalue weighted by Gasteiger charge is -2.33. The quantitative estimate of drug-likeness (QED) is 0.406. The van der Waals surface area contributed by atoms with Gasteiger partial charge in [-0.3, -0.25) is 0 Å². The summed E-state index contributed by atoms with van der Waals surface area (Å²) in [5.74, 6) is 0.843. The Labute approximate surface area is 201 Å². The van der Waals surface area contributed by atoms with E-state index in [9.17, 15) is 8.42 Å². The molecule has 5 rings (SSSR count). The highest BCUT2D eigenvalue weighted by Gasteiger charge is 2.26. The van der Waals surface area contributed by atoms with E-state index >= 15 is 0 Å². The van der Waals surface area contributed by atoms with Crippen LogP contribution in [0.15, 0.2) is 65.8 Å². The van der Waals surface area contributed by atoms with E-state index in [1.54, 1.807) is 18.5 Å². The summed E-state index contributed by atoms with van der Waals surface area (Å²) in [5, 5.41) is 2.12. The van der Waals surface area contributed by atoms with Gasteiger partial charge in [0.05, 0.1) is 10.3 Å². The molecule has 0 saturated carbocycles. The van der Waals surface area contributed by atoms with Crippen molar-refractivity contribution in [3.63, 3.8) is 0 Å². The summed E-state index contributed by atoms with van der Waals surface area (Å²) >= 11 is 11.9. The summed E-state index contributed by atoms with van der Waals surface area (Å²) in [6.45, 7) is 1.36. The Balaban J connectivity index is 1.31. The monoisotopic (exact) mass is 501 g/mol. The zero-order chi connectivity index (χ0) is 23.0. The molecule has 2 aromatic heterocycles. The lowest BCUT2D eigenvalue weighted by Crippen LogP contribution is -2.44. The maximum Gasteiger partial charge on any atom is 0.240 e. The molecular formula is C23H21Cl2N5O2S. The largest absolute Gasteiger partial charge is 0.356 e. The number of piperidine rings is 1. The first-order valence-corrected chi connectivity index (χ1v) is 12.8. The van der Waals surface area contributed by atoms with Gasteiger partial charge >= 0.3 is 0 Å². The lowest BCUT2D eigenvalue weighted by atomic mass is 10.1. The maximum absolute atomic E-state index is 12.7. The molecule has 0 unspecified atom stereocenters. The number of aromatic amines is 1. The van der Waals surface area contributed by atoms with Crippen molar-refractivity contribution in [1.29, 1.82) is 0 Å². The van der Waals surface area contributed by atoms with Crippen LogP contribution in [0.5, 0.6) is 0 Å². The number of halogens is 2. The topological polar surface area (TPSA) is 91.0 Å². The average molecular weight is 502 g/mol. The molecule has 0 aliphatic carbocycles. The van der Waals surface area contributed by atoms with Crippen LogP contribution in [0.4, 0.5) is 5.82 Å². The summed E-state index contributed by atoms with van der Waals surface area (Å²) < 4.78 is 28.2. The number of H-pyrrole nitrogens is 1. The average Bonchev–Trinajstić information content (AvgIpc) is 3.25. The summed E-state index contributed by atoms with van der Waals surface area (Å²) in [4.78, 5) is 14.7. The van der Waals surface area contributed by atoms with Crippen LogP contribution >= 0.6 is 23.2 Å². The second-order valence-electron chi connectivity index (χ2n) is 7.99. The Kier molecular flexibility index (Phi) is 6.01. The van der Waals surface area contributed by atoms with Gasteiger partial charge < -0.3 is 9.88 Å². The fourth-order valence-corrected chi connectivity index (χ4v) is 5.63. The molecule has 170 valence electrons. The molecule has 0 amide bonds. The van der Waals surface area contributed by atoms with Gasteiger partial charge in [0, 0.05) is 34.9 Å². The SMILES string of the molecule is O=S(=O)(NC1CCN(c2ncnc3[nH]c(-c4ccc(Cl)cc4)cc23)CC1)c1ccc(Cl)cc1. The molecule has 0 spiro atoms. The Morgan fingerprint density at radius 2 is 1.58 bits per heavy atom. The third-order valence-electron chi connectivity index (χ3n) is 5.80. The molecule has 1 aliphatic rings. The highest BCUT2D eigenvalue weighted by Crippen LogP contribution is 2.31. The van der Waals surface area contributed by atoms with Crippen LogP contribution in [-0.4, -0.2) is 42.5 Å². The predicted molar refractivity (Wildman–Crippen MR) is 131 cm³/mol. The van der Waals surface area contributed by atoms with Crippen LogP contribution < -0.4 is 9.62 Å². The first-order valence-electron chi connectivity index (χ1n) is 10.5. The molecule has 4 aromatic rings. The first kappa shape index (κ1) is 22.2. The van der Waals surface area contributed by atoms with Gasteiger partial charge in [0.2, 0.25) is 10.0 Å². The minimum Gasteiger partial charge on any atom is -0.356 e. The molecule has 7 nitrogen and oxygen atoms in total. The van der Waals surface area contributed by atoms with Gasteiger partial charge in [-0.25, -0.2) is 23.1 Å². The molecular weight excluding hydrogens is 481 g/mol.